The van der Waals surface area contributed by atoms with Crippen molar-refractivity contribution in [2.75, 3.05) is 13.7 Å². The molecule has 0 aliphatic heterocycles. The van der Waals surface area contributed by atoms with Crippen LogP contribution in [0.4, 0.5) is 0 Å². The van der Waals surface area contributed by atoms with Gasteiger partial charge in [-0.3, -0.25) is 0 Å². The Kier molecular flexibility index (Phi) is 9.07. The number of thiophene rings is 1. The molecular weight excluding hydrogens is 420 g/mol. The molecule has 0 spiro atoms. The lowest BCUT2D eigenvalue weighted by atomic mass is 9.98. The summed E-state index contributed by atoms with van der Waals surface area (Å²) in [5.41, 5.74) is 7.30. The van der Waals surface area contributed by atoms with E-state index >= 15 is 0 Å². The van der Waals surface area contributed by atoms with Crippen molar-refractivity contribution in [3.63, 3.8) is 0 Å². The molecule has 2 aromatic carbocycles. The lowest BCUT2D eigenvalue weighted by Gasteiger charge is -2.06. The molecule has 0 fully saturated rings. The second kappa shape index (κ2) is 12.2. The molecule has 3 rings (SSSR count). The van der Waals surface area contributed by atoms with Gasteiger partial charge >= 0.3 is 0 Å². The number of hydrogen-bond acceptors (Lipinski definition) is 2. The molecule has 0 amide bonds. The van der Waals surface area contributed by atoms with Gasteiger partial charge in [-0.25, -0.2) is 0 Å². The van der Waals surface area contributed by atoms with Crippen molar-refractivity contribution in [2.24, 2.45) is 5.41 Å². The fourth-order valence-corrected chi connectivity index (χ4v) is 3.97. The van der Waals surface area contributed by atoms with Gasteiger partial charge in [0.2, 0.25) is 0 Å². The zero-order valence-corrected chi connectivity index (χ0v) is 20.8. The van der Waals surface area contributed by atoms with E-state index in [1.54, 1.807) is 18.4 Å². The second-order valence-corrected chi connectivity index (χ2v) is 9.78. The van der Waals surface area contributed by atoms with Gasteiger partial charge in [-0.2, -0.15) is 11.3 Å². The van der Waals surface area contributed by atoms with Crippen LogP contribution in [-0.2, 0) is 4.74 Å². The summed E-state index contributed by atoms with van der Waals surface area (Å²) in [6.07, 6.45) is 11.4. The Balaban J connectivity index is 1.72. The highest BCUT2D eigenvalue weighted by atomic mass is 32.1. The quantitative estimate of drug-likeness (QED) is 0.245. The van der Waals surface area contributed by atoms with Gasteiger partial charge < -0.3 is 4.74 Å². The SMILES string of the molecule is COCC(=Cc1cccc(C=Cc2cccc(-c3ccsc3)c2)c1)CC=CC#CC(C)(C)C. The van der Waals surface area contributed by atoms with Crippen LogP contribution >= 0.6 is 11.3 Å². The predicted molar refractivity (Wildman–Crippen MR) is 146 cm³/mol. The maximum absolute atomic E-state index is 5.41. The number of benzene rings is 2. The molecule has 2 heteroatoms. The van der Waals surface area contributed by atoms with Gasteiger partial charge in [-0.1, -0.05) is 72.5 Å². The standard InChI is InChI=1S/C31H32OS/c1-31(2,3)18-7-5-6-10-28(23-32-4)21-27-13-8-11-25(20-27)15-16-26-12-9-14-29(22-26)30-17-19-33-24-30/h5-6,8-9,11-17,19-22,24H,10,23H2,1-4H3. The number of allylic oxidation sites excluding steroid dienone is 2. The third-order valence-corrected chi connectivity index (χ3v) is 5.53. The highest BCUT2D eigenvalue weighted by Crippen LogP contribution is 2.24. The molecular formula is C31H32OS. The van der Waals surface area contributed by atoms with Gasteiger partial charge in [-0.05, 0) is 95.6 Å². The van der Waals surface area contributed by atoms with Crippen LogP contribution in [0.3, 0.4) is 0 Å². The van der Waals surface area contributed by atoms with E-state index in [1.807, 2.05) is 6.08 Å². The van der Waals surface area contributed by atoms with E-state index in [0.717, 1.165) is 6.42 Å². The molecule has 3 aromatic rings. The third kappa shape index (κ3) is 8.73. The van der Waals surface area contributed by atoms with Gasteiger partial charge in [0.15, 0.2) is 0 Å². The van der Waals surface area contributed by atoms with Crippen molar-refractivity contribution >= 4 is 29.6 Å². The Hall–Kier alpha value is -3.12. The average molecular weight is 453 g/mol. The summed E-state index contributed by atoms with van der Waals surface area (Å²) in [5.74, 6) is 6.36. The molecule has 1 heterocycles. The maximum Gasteiger partial charge on any atom is 0.0679 e. The van der Waals surface area contributed by atoms with Gasteiger partial charge in [0.05, 0.1) is 6.61 Å². The van der Waals surface area contributed by atoms with Crippen molar-refractivity contribution < 1.29 is 4.74 Å². The normalized spacial score (nSPS) is 12.3. The minimum absolute atomic E-state index is 0.0225. The van der Waals surface area contributed by atoms with Gasteiger partial charge in [0.1, 0.15) is 0 Å². The second-order valence-electron chi connectivity index (χ2n) is 9.00. The minimum atomic E-state index is 0.0225. The van der Waals surface area contributed by atoms with Crippen LogP contribution in [0.1, 0.15) is 43.9 Å². The summed E-state index contributed by atoms with van der Waals surface area (Å²) in [6, 6.07) is 19.4. The van der Waals surface area contributed by atoms with Crippen molar-refractivity contribution in [3.8, 4) is 23.0 Å². The summed E-state index contributed by atoms with van der Waals surface area (Å²) >= 11 is 1.73. The zero-order valence-electron chi connectivity index (χ0n) is 20.0. The Bertz CT molecular complexity index is 1180. The van der Waals surface area contributed by atoms with Crippen LogP contribution in [0, 0.1) is 17.3 Å². The van der Waals surface area contributed by atoms with E-state index in [2.05, 4.69) is 122 Å². The first kappa shape index (κ1) is 24.5. The lowest BCUT2D eigenvalue weighted by molar-refractivity contribution is 0.225. The van der Waals surface area contributed by atoms with E-state index < -0.39 is 0 Å². The number of hydrogen-bond donors (Lipinski definition) is 0. The van der Waals surface area contributed by atoms with E-state index in [-0.39, 0.29) is 5.41 Å². The molecule has 33 heavy (non-hydrogen) atoms. The molecule has 0 saturated carbocycles. The average Bonchev–Trinajstić information content (AvgIpc) is 3.32. The van der Waals surface area contributed by atoms with E-state index in [0.29, 0.717) is 6.61 Å². The van der Waals surface area contributed by atoms with Crippen molar-refractivity contribution in [1.29, 1.82) is 0 Å². The molecule has 0 saturated heterocycles. The van der Waals surface area contributed by atoms with Gasteiger partial charge in [-0.15, -0.1) is 0 Å². The summed E-state index contributed by atoms with van der Waals surface area (Å²) in [4.78, 5) is 0. The van der Waals surface area contributed by atoms with E-state index in [1.165, 1.54) is 33.4 Å². The van der Waals surface area contributed by atoms with Gasteiger partial charge in [0, 0.05) is 12.5 Å². The van der Waals surface area contributed by atoms with Crippen LogP contribution in [0.15, 0.2) is 83.1 Å². The first-order valence-corrected chi connectivity index (χ1v) is 12.1. The first-order chi connectivity index (χ1) is 15.9. The number of ether oxygens (including phenoxy) is 1. The Morgan fingerprint density at radius 2 is 1.67 bits per heavy atom. The van der Waals surface area contributed by atoms with Crippen LogP contribution in [0.25, 0.3) is 29.4 Å². The van der Waals surface area contributed by atoms with Crippen LogP contribution < -0.4 is 0 Å². The summed E-state index contributed by atoms with van der Waals surface area (Å²) in [6.45, 7) is 6.95. The molecule has 0 aliphatic carbocycles. The minimum Gasteiger partial charge on any atom is -0.380 e. The largest absolute Gasteiger partial charge is 0.380 e. The molecule has 0 unspecified atom stereocenters. The van der Waals surface area contributed by atoms with Crippen molar-refractivity contribution in [1.82, 2.24) is 0 Å². The highest BCUT2D eigenvalue weighted by Gasteiger charge is 2.02. The molecule has 0 N–H and O–H groups in total. The smallest absolute Gasteiger partial charge is 0.0679 e. The van der Waals surface area contributed by atoms with Crippen molar-refractivity contribution in [3.05, 3.63) is 99.8 Å². The summed E-state index contributed by atoms with van der Waals surface area (Å²) < 4.78 is 5.41. The molecule has 0 aliphatic rings. The molecule has 0 bridgehead atoms. The summed E-state index contributed by atoms with van der Waals surface area (Å²) in [7, 11) is 1.74. The molecule has 0 atom stereocenters. The van der Waals surface area contributed by atoms with Crippen LogP contribution in [0.2, 0.25) is 0 Å². The van der Waals surface area contributed by atoms with Crippen LogP contribution in [-0.4, -0.2) is 13.7 Å². The highest BCUT2D eigenvalue weighted by molar-refractivity contribution is 7.08. The fourth-order valence-electron chi connectivity index (χ4n) is 3.30. The number of rotatable bonds is 8. The van der Waals surface area contributed by atoms with E-state index in [9.17, 15) is 0 Å². The molecule has 1 aromatic heterocycles. The first-order valence-electron chi connectivity index (χ1n) is 11.2. The van der Waals surface area contributed by atoms with Gasteiger partial charge in [0.25, 0.3) is 0 Å². The monoisotopic (exact) mass is 452 g/mol. The van der Waals surface area contributed by atoms with Crippen molar-refractivity contribution in [2.45, 2.75) is 27.2 Å². The fraction of sp³-hybridized carbons (Fsp3) is 0.226. The molecule has 168 valence electrons. The zero-order chi connectivity index (χ0) is 23.5. The lowest BCUT2D eigenvalue weighted by Crippen LogP contribution is -1.98. The Morgan fingerprint density at radius 3 is 2.36 bits per heavy atom. The molecule has 0 radical (unpaired) electrons. The topological polar surface area (TPSA) is 9.23 Å². The van der Waals surface area contributed by atoms with E-state index in [4.69, 9.17) is 4.74 Å². The number of methoxy groups -OCH3 is 1. The van der Waals surface area contributed by atoms with Crippen LogP contribution in [0.5, 0.6) is 0 Å². The maximum atomic E-state index is 5.41. The Morgan fingerprint density at radius 1 is 0.939 bits per heavy atom. The Labute approximate surface area is 203 Å². The third-order valence-electron chi connectivity index (χ3n) is 4.85. The summed E-state index contributed by atoms with van der Waals surface area (Å²) in [5, 5.41) is 4.30. The molecule has 1 nitrogen and oxygen atoms in total. The predicted octanol–water partition coefficient (Wildman–Crippen LogP) is 8.61.